The van der Waals surface area contributed by atoms with E-state index in [1.165, 1.54) is 0 Å². The fraction of sp³-hybridized carbons (Fsp3) is 0.625. The molecule has 0 aromatic heterocycles. The largest absolute Gasteiger partial charge is 0.384 e. The van der Waals surface area contributed by atoms with E-state index in [4.69, 9.17) is 4.74 Å². The Balaban J connectivity index is 2.03. The van der Waals surface area contributed by atoms with E-state index in [2.05, 4.69) is 10.2 Å². The number of halogens is 1. The maximum absolute atomic E-state index is 14.3. The molecule has 0 saturated carbocycles. The minimum Gasteiger partial charge on any atom is -0.384 e. The zero-order chi connectivity index (χ0) is 14.5. The minimum absolute atomic E-state index is 0.116. The third kappa shape index (κ3) is 3.49. The van der Waals surface area contributed by atoms with Crippen molar-refractivity contribution in [3.05, 3.63) is 29.6 Å². The maximum Gasteiger partial charge on any atom is 0.146 e. The van der Waals surface area contributed by atoms with Gasteiger partial charge in [-0.15, -0.1) is 0 Å². The van der Waals surface area contributed by atoms with Gasteiger partial charge in [0, 0.05) is 32.8 Å². The number of hydrogen-bond donors (Lipinski definition) is 1. The molecule has 1 aromatic rings. The molecule has 1 aliphatic rings. The Hall–Kier alpha value is -1.13. The highest BCUT2D eigenvalue weighted by Crippen LogP contribution is 2.27. The lowest BCUT2D eigenvalue weighted by Crippen LogP contribution is -2.35. The average Bonchev–Trinajstić information content (AvgIpc) is 2.47. The van der Waals surface area contributed by atoms with Crippen molar-refractivity contribution in [1.29, 1.82) is 0 Å². The number of nitrogens with one attached hydrogen (secondary N) is 1. The molecule has 0 radical (unpaired) electrons. The topological polar surface area (TPSA) is 24.5 Å². The van der Waals surface area contributed by atoms with Crippen LogP contribution in [0.2, 0.25) is 0 Å². The summed E-state index contributed by atoms with van der Waals surface area (Å²) in [6.45, 7) is 4.66. The molecule has 20 heavy (non-hydrogen) atoms. The molecule has 1 saturated heterocycles. The molecule has 112 valence electrons. The van der Waals surface area contributed by atoms with E-state index in [-0.39, 0.29) is 11.9 Å². The average molecular weight is 280 g/mol. The van der Waals surface area contributed by atoms with Crippen molar-refractivity contribution in [3.63, 3.8) is 0 Å². The second kappa shape index (κ2) is 7.04. The number of benzene rings is 1. The summed E-state index contributed by atoms with van der Waals surface area (Å²) >= 11 is 0. The summed E-state index contributed by atoms with van der Waals surface area (Å²) in [6, 6.07) is 5.75. The lowest BCUT2D eigenvalue weighted by molar-refractivity contribution is 0.139. The SMILES string of the molecule is CNC(C)c1ccc(N2CCC(COC)CC2)c(F)c1. The van der Waals surface area contributed by atoms with Crippen LogP contribution in [-0.2, 0) is 4.74 Å². The fourth-order valence-electron chi connectivity index (χ4n) is 2.79. The molecule has 1 heterocycles. The highest BCUT2D eigenvalue weighted by molar-refractivity contribution is 5.50. The Bertz CT molecular complexity index is 430. The molecule has 1 unspecified atom stereocenters. The van der Waals surface area contributed by atoms with E-state index in [1.54, 1.807) is 13.2 Å². The monoisotopic (exact) mass is 280 g/mol. The summed E-state index contributed by atoms with van der Waals surface area (Å²) in [5.74, 6) is 0.498. The molecule has 0 spiro atoms. The zero-order valence-corrected chi connectivity index (χ0v) is 12.7. The Kier molecular flexibility index (Phi) is 5.38. The molecule has 3 nitrogen and oxygen atoms in total. The minimum atomic E-state index is -0.116. The smallest absolute Gasteiger partial charge is 0.146 e. The van der Waals surface area contributed by atoms with E-state index in [9.17, 15) is 4.39 Å². The van der Waals surface area contributed by atoms with Gasteiger partial charge >= 0.3 is 0 Å². The van der Waals surface area contributed by atoms with E-state index in [0.29, 0.717) is 5.92 Å². The molecule has 0 amide bonds. The highest BCUT2D eigenvalue weighted by atomic mass is 19.1. The van der Waals surface area contributed by atoms with Gasteiger partial charge in [0.2, 0.25) is 0 Å². The van der Waals surface area contributed by atoms with E-state index in [1.807, 2.05) is 26.1 Å². The molecule has 1 N–H and O–H groups in total. The van der Waals surface area contributed by atoms with Gasteiger partial charge in [-0.05, 0) is 50.4 Å². The van der Waals surface area contributed by atoms with Crippen molar-refractivity contribution in [2.24, 2.45) is 5.92 Å². The first-order chi connectivity index (χ1) is 9.65. The van der Waals surface area contributed by atoms with Crippen LogP contribution in [0.25, 0.3) is 0 Å². The zero-order valence-electron chi connectivity index (χ0n) is 12.7. The molecular formula is C16H25FN2O. The molecule has 0 bridgehead atoms. The normalized spacial score (nSPS) is 18.3. The Morgan fingerprint density at radius 1 is 1.40 bits per heavy atom. The van der Waals surface area contributed by atoms with Gasteiger partial charge in [0.1, 0.15) is 5.82 Å². The summed E-state index contributed by atoms with van der Waals surface area (Å²) in [4.78, 5) is 2.15. The standard InChI is InChI=1S/C16H25FN2O/c1-12(18-2)14-4-5-16(15(17)10-14)19-8-6-13(7-9-19)11-20-3/h4-5,10,12-13,18H,6-9,11H2,1-3H3. The molecule has 1 atom stereocenters. The van der Waals surface area contributed by atoms with Crippen molar-refractivity contribution in [3.8, 4) is 0 Å². The summed E-state index contributed by atoms with van der Waals surface area (Å²) in [7, 11) is 3.63. The van der Waals surface area contributed by atoms with Gasteiger partial charge in [0.15, 0.2) is 0 Å². The molecule has 1 aliphatic heterocycles. The van der Waals surface area contributed by atoms with E-state index in [0.717, 1.165) is 43.8 Å². The van der Waals surface area contributed by atoms with Crippen LogP contribution in [0.15, 0.2) is 18.2 Å². The van der Waals surface area contributed by atoms with Crippen LogP contribution < -0.4 is 10.2 Å². The maximum atomic E-state index is 14.3. The molecule has 1 fully saturated rings. The quantitative estimate of drug-likeness (QED) is 0.897. The van der Waals surface area contributed by atoms with E-state index < -0.39 is 0 Å². The van der Waals surface area contributed by atoms with Crippen LogP contribution in [0.1, 0.15) is 31.4 Å². The predicted octanol–water partition coefficient (Wildman–Crippen LogP) is 2.97. The summed E-state index contributed by atoms with van der Waals surface area (Å²) in [5, 5.41) is 3.13. The first-order valence-corrected chi connectivity index (χ1v) is 7.36. The summed E-state index contributed by atoms with van der Waals surface area (Å²) in [5.41, 5.74) is 1.72. The number of nitrogens with zero attached hydrogens (tertiary/aromatic N) is 1. The number of hydrogen-bond acceptors (Lipinski definition) is 3. The first kappa shape index (κ1) is 15.3. The number of ether oxygens (including phenoxy) is 1. The van der Waals surface area contributed by atoms with Gasteiger partial charge < -0.3 is 15.0 Å². The van der Waals surface area contributed by atoms with Crippen LogP contribution in [-0.4, -0.2) is 33.9 Å². The fourth-order valence-corrected chi connectivity index (χ4v) is 2.79. The van der Waals surface area contributed by atoms with Crippen LogP contribution in [0.5, 0.6) is 0 Å². The Labute approximate surface area is 121 Å². The van der Waals surface area contributed by atoms with Gasteiger partial charge in [0.05, 0.1) is 5.69 Å². The molecule has 1 aromatic carbocycles. The molecular weight excluding hydrogens is 255 g/mol. The predicted molar refractivity (Wildman–Crippen MR) is 80.7 cm³/mol. The van der Waals surface area contributed by atoms with Gasteiger partial charge in [-0.3, -0.25) is 0 Å². The lowest BCUT2D eigenvalue weighted by Gasteiger charge is -2.33. The number of methoxy groups -OCH3 is 1. The van der Waals surface area contributed by atoms with Gasteiger partial charge in [-0.1, -0.05) is 6.07 Å². The second-order valence-electron chi connectivity index (χ2n) is 5.61. The van der Waals surface area contributed by atoms with Crippen molar-refractivity contribution in [2.75, 3.05) is 38.8 Å². The highest BCUT2D eigenvalue weighted by Gasteiger charge is 2.21. The third-order valence-corrected chi connectivity index (χ3v) is 4.26. The second-order valence-corrected chi connectivity index (χ2v) is 5.61. The first-order valence-electron chi connectivity index (χ1n) is 7.36. The van der Waals surface area contributed by atoms with Crippen molar-refractivity contribution >= 4 is 5.69 Å². The van der Waals surface area contributed by atoms with Crippen LogP contribution in [0.3, 0.4) is 0 Å². The Morgan fingerprint density at radius 2 is 2.10 bits per heavy atom. The van der Waals surface area contributed by atoms with Crippen LogP contribution in [0.4, 0.5) is 10.1 Å². The lowest BCUT2D eigenvalue weighted by atomic mass is 9.97. The third-order valence-electron chi connectivity index (χ3n) is 4.26. The van der Waals surface area contributed by atoms with Gasteiger partial charge in [-0.25, -0.2) is 4.39 Å². The number of piperidine rings is 1. The molecule has 0 aliphatic carbocycles. The van der Waals surface area contributed by atoms with Crippen LogP contribution in [0, 0.1) is 11.7 Å². The van der Waals surface area contributed by atoms with Crippen molar-refractivity contribution < 1.29 is 9.13 Å². The van der Waals surface area contributed by atoms with E-state index >= 15 is 0 Å². The van der Waals surface area contributed by atoms with Gasteiger partial charge in [-0.2, -0.15) is 0 Å². The molecule has 4 heteroatoms. The molecule has 2 rings (SSSR count). The number of anilines is 1. The number of rotatable bonds is 5. The van der Waals surface area contributed by atoms with Crippen LogP contribution >= 0.6 is 0 Å². The van der Waals surface area contributed by atoms with Crippen molar-refractivity contribution in [1.82, 2.24) is 5.32 Å². The Morgan fingerprint density at radius 3 is 2.65 bits per heavy atom. The summed E-state index contributed by atoms with van der Waals surface area (Å²) < 4.78 is 19.5. The van der Waals surface area contributed by atoms with Gasteiger partial charge in [0.25, 0.3) is 0 Å². The summed E-state index contributed by atoms with van der Waals surface area (Å²) in [6.07, 6.45) is 2.14. The van der Waals surface area contributed by atoms with Crippen molar-refractivity contribution in [2.45, 2.75) is 25.8 Å².